The largest absolute Gasteiger partial charge is 0.464 e. The second kappa shape index (κ2) is 10.9. The molecule has 0 saturated heterocycles. The number of Topliss-reactive ketones (excluding diaryl/α,β-unsaturated/α-hetero) is 1. The van der Waals surface area contributed by atoms with Crippen LogP contribution < -0.4 is 0 Å². The molecule has 1 heterocycles. The van der Waals surface area contributed by atoms with E-state index in [-0.39, 0.29) is 29.5 Å². The number of aromatic nitrogens is 1. The number of carbonyl (C=O) groups is 3. The molecule has 0 radical (unpaired) electrons. The first-order valence-electron chi connectivity index (χ1n) is 10.2. The molecule has 2 aromatic rings. The molecule has 8 heteroatoms. The van der Waals surface area contributed by atoms with Gasteiger partial charge in [-0.2, -0.15) is 0 Å². The van der Waals surface area contributed by atoms with Gasteiger partial charge in [-0.15, -0.1) is 0 Å². The smallest absolute Gasteiger partial charge is 0.354 e. The number of hydrogen-bond donors (Lipinski definition) is 1. The maximum Gasteiger partial charge on any atom is 0.354 e. The van der Waals surface area contributed by atoms with Crippen molar-refractivity contribution in [3.05, 3.63) is 58.2 Å². The Kier molecular flexibility index (Phi) is 8.50. The Bertz CT molecular complexity index is 936. The number of carbonyl (C=O) groups excluding carboxylic acids is 3. The summed E-state index contributed by atoms with van der Waals surface area (Å²) >= 11 is 0. The first-order valence-corrected chi connectivity index (χ1v) is 10.2. The van der Waals surface area contributed by atoms with Gasteiger partial charge in [0.15, 0.2) is 5.78 Å². The average molecular weight is 432 g/mol. The Morgan fingerprint density at radius 1 is 1.16 bits per heavy atom. The normalized spacial score (nSPS) is 11.8. The van der Waals surface area contributed by atoms with Gasteiger partial charge in [-0.25, -0.2) is 9.18 Å². The number of esters is 1. The van der Waals surface area contributed by atoms with Crippen molar-refractivity contribution in [3.8, 4) is 0 Å². The first-order chi connectivity index (χ1) is 14.7. The van der Waals surface area contributed by atoms with Crippen molar-refractivity contribution in [3.63, 3.8) is 0 Å². The Morgan fingerprint density at radius 2 is 1.81 bits per heavy atom. The van der Waals surface area contributed by atoms with Crippen molar-refractivity contribution in [1.82, 2.24) is 9.88 Å². The lowest BCUT2D eigenvalue weighted by molar-refractivity contribution is 0.0588. The van der Waals surface area contributed by atoms with Gasteiger partial charge in [0.2, 0.25) is 0 Å². The predicted molar refractivity (Wildman–Crippen MR) is 114 cm³/mol. The van der Waals surface area contributed by atoms with Crippen LogP contribution in [0, 0.1) is 19.7 Å². The van der Waals surface area contributed by atoms with E-state index in [1.165, 1.54) is 36.3 Å². The molecule has 0 spiro atoms. The Labute approximate surface area is 181 Å². The molecule has 0 bridgehead atoms. The Hall–Kier alpha value is -3.00. The third kappa shape index (κ3) is 5.58. The highest BCUT2D eigenvalue weighted by Crippen LogP contribution is 2.23. The van der Waals surface area contributed by atoms with Crippen molar-refractivity contribution in [2.24, 2.45) is 0 Å². The summed E-state index contributed by atoms with van der Waals surface area (Å²) in [6.45, 7) is 8.17. The van der Waals surface area contributed by atoms with Crippen LogP contribution in [-0.4, -0.2) is 60.5 Å². The number of hydrogen-bond acceptors (Lipinski definition) is 5. The topological polar surface area (TPSA) is 88.7 Å². The second-order valence-corrected chi connectivity index (χ2v) is 7.21. The lowest BCUT2D eigenvalue weighted by atomic mass is 9.99. The third-order valence-corrected chi connectivity index (χ3v) is 5.16. The maximum absolute atomic E-state index is 13.4. The molecule has 1 N–H and O–H groups in total. The minimum absolute atomic E-state index is 0.211. The zero-order valence-electron chi connectivity index (χ0n) is 18.6. The van der Waals surface area contributed by atoms with Gasteiger partial charge in [-0.1, -0.05) is 0 Å². The molecule has 7 nitrogen and oxygen atoms in total. The number of aryl methyl sites for hydroxylation is 1. The molecule has 0 aliphatic carbocycles. The van der Waals surface area contributed by atoms with E-state index in [0.29, 0.717) is 36.5 Å². The van der Waals surface area contributed by atoms with E-state index in [4.69, 9.17) is 9.47 Å². The number of halogens is 1. The van der Waals surface area contributed by atoms with Gasteiger partial charge in [0.1, 0.15) is 11.5 Å². The van der Waals surface area contributed by atoms with Crippen LogP contribution in [0.1, 0.15) is 62.7 Å². The number of H-pyrrole nitrogens is 1. The second-order valence-electron chi connectivity index (χ2n) is 7.21. The molecule has 2 rings (SSSR count). The molecule has 0 aliphatic rings. The molecular weight excluding hydrogens is 403 g/mol. The van der Waals surface area contributed by atoms with Crippen LogP contribution in [0.4, 0.5) is 4.39 Å². The van der Waals surface area contributed by atoms with Crippen LogP contribution in [0.5, 0.6) is 0 Å². The lowest BCUT2D eigenvalue weighted by Gasteiger charge is -2.29. The van der Waals surface area contributed by atoms with Crippen LogP contribution in [-0.2, 0) is 9.47 Å². The van der Waals surface area contributed by atoms with Crippen LogP contribution in [0.2, 0.25) is 0 Å². The fraction of sp³-hybridized carbons (Fsp3) is 0.435. The number of ether oxygens (including phenoxy) is 2. The van der Waals surface area contributed by atoms with E-state index in [2.05, 4.69) is 4.98 Å². The fourth-order valence-electron chi connectivity index (χ4n) is 3.49. The monoisotopic (exact) mass is 432 g/mol. The van der Waals surface area contributed by atoms with Crippen molar-refractivity contribution in [2.45, 2.75) is 40.2 Å². The SMILES string of the molecule is CCOCCCN(C(=O)c1ccc(F)cc1)C(C)C(=O)c1c(C)[nH]c(C(=O)OC)c1C. The number of ketones is 1. The minimum atomic E-state index is -0.808. The fourth-order valence-corrected chi connectivity index (χ4v) is 3.49. The van der Waals surface area contributed by atoms with Gasteiger partial charge in [-0.05, 0) is 63.9 Å². The van der Waals surface area contributed by atoms with Crippen LogP contribution in [0.15, 0.2) is 24.3 Å². The molecule has 1 unspecified atom stereocenters. The van der Waals surface area contributed by atoms with Crippen molar-refractivity contribution in [2.75, 3.05) is 26.9 Å². The Balaban J connectivity index is 2.35. The number of nitrogens with zero attached hydrogens (tertiary/aromatic N) is 1. The molecule has 1 aromatic carbocycles. The molecule has 31 heavy (non-hydrogen) atoms. The molecule has 0 fully saturated rings. The van der Waals surface area contributed by atoms with E-state index in [9.17, 15) is 18.8 Å². The van der Waals surface area contributed by atoms with Crippen LogP contribution in [0.3, 0.4) is 0 Å². The van der Waals surface area contributed by atoms with Gasteiger partial charge < -0.3 is 19.4 Å². The van der Waals surface area contributed by atoms with Crippen molar-refractivity contribution >= 4 is 17.7 Å². The predicted octanol–water partition coefficient (Wildman–Crippen LogP) is 3.70. The summed E-state index contributed by atoms with van der Waals surface area (Å²) in [5.41, 5.74) is 1.86. The zero-order valence-corrected chi connectivity index (χ0v) is 18.6. The molecule has 0 aliphatic heterocycles. The van der Waals surface area contributed by atoms with E-state index >= 15 is 0 Å². The molecular formula is C23H29FN2O5. The van der Waals surface area contributed by atoms with E-state index in [1.807, 2.05) is 6.92 Å². The highest BCUT2D eigenvalue weighted by Gasteiger charge is 2.31. The molecule has 1 aromatic heterocycles. The molecule has 168 valence electrons. The van der Waals surface area contributed by atoms with Crippen molar-refractivity contribution < 1.29 is 28.2 Å². The van der Waals surface area contributed by atoms with Crippen LogP contribution >= 0.6 is 0 Å². The number of rotatable bonds is 10. The van der Waals surface area contributed by atoms with Gasteiger partial charge in [0, 0.05) is 36.6 Å². The molecule has 1 atom stereocenters. The lowest BCUT2D eigenvalue weighted by Crippen LogP contribution is -2.44. The maximum atomic E-state index is 13.4. The highest BCUT2D eigenvalue weighted by atomic mass is 19.1. The summed E-state index contributed by atoms with van der Waals surface area (Å²) in [5, 5.41) is 0. The van der Waals surface area contributed by atoms with E-state index in [1.54, 1.807) is 20.8 Å². The number of benzene rings is 1. The highest BCUT2D eigenvalue weighted by molar-refractivity contribution is 6.07. The first kappa shape index (κ1) is 24.3. The summed E-state index contributed by atoms with van der Waals surface area (Å²) in [7, 11) is 1.27. The standard InChI is InChI=1S/C23H29FN2O5/c1-6-31-13-7-12-26(22(28)17-8-10-18(24)11-9-17)16(4)21(27)19-14(2)20(23(29)30-5)25-15(19)3/h8-11,16,25H,6-7,12-13H2,1-5H3. The quantitative estimate of drug-likeness (QED) is 0.351. The van der Waals surface area contributed by atoms with Gasteiger partial charge in [0.25, 0.3) is 5.91 Å². The minimum Gasteiger partial charge on any atom is -0.464 e. The van der Waals surface area contributed by atoms with Crippen LogP contribution in [0.25, 0.3) is 0 Å². The third-order valence-electron chi connectivity index (χ3n) is 5.16. The number of amides is 1. The molecule has 1 amide bonds. The Morgan fingerprint density at radius 3 is 2.39 bits per heavy atom. The van der Waals surface area contributed by atoms with E-state index in [0.717, 1.165) is 0 Å². The average Bonchev–Trinajstić information content (AvgIpc) is 3.06. The van der Waals surface area contributed by atoms with Gasteiger partial charge >= 0.3 is 5.97 Å². The molecule has 0 saturated carbocycles. The number of methoxy groups -OCH3 is 1. The summed E-state index contributed by atoms with van der Waals surface area (Å²) < 4.78 is 23.4. The number of nitrogens with one attached hydrogen (secondary N) is 1. The summed E-state index contributed by atoms with van der Waals surface area (Å²) in [5.74, 6) is -1.69. The van der Waals surface area contributed by atoms with Gasteiger partial charge in [-0.3, -0.25) is 9.59 Å². The summed E-state index contributed by atoms with van der Waals surface area (Å²) in [4.78, 5) is 42.9. The van der Waals surface area contributed by atoms with Gasteiger partial charge in [0.05, 0.1) is 13.2 Å². The van der Waals surface area contributed by atoms with E-state index < -0.39 is 17.8 Å². The summed E-state index contributed by atoms with van der Waals surface area (Å²) in [6.07, 6.45) is 0.539. The zero-order chi connectivity index (χ0) is 23.1. The summed E-state index contributed by atoms with van der Waals surface area (Å²) in [6, 6.07) is 4.40. The van der Waals surface area contributed by atoms with Crippen molar-refractivity contribution in [1.29, 1.82) is 0 Å². The number of aromatic amines is 1.